The van der Waals surface area contributed by atoms with Crippen LogP contribution in [-0.4, -0.2) is 55.5 Å². The molecule has 0 spiro atoms. The van der Waals surface area contributed by atoms with Gasteiger partial charge in [0, 0.05) is 19.1 Å². The fourth-order valence-corrected chi connectivity index (χ4v) is 3.65. The summed E-state index contributed by atoms with van der Waals surface area (Å²) in [5.41, 5.74) is 6.76. The van der Waals surface area contributed by atoms with E-state index in [1.54, 1.807) is 11.0 Å². The maximum absolute atomic E-state index is 14.5. The van der Waals surface area contributed by atoms with Crippen LogP contribution >= 0.6 is 24.8 Å². The number of hydrogen-bond donors (Lipinski definition) is 1. The minimum atomic E-state index is -0.522. The predicted molar refractivity (Wildman–Crippen MR) is 127 cm³/mol. The molecule has 3 rings (SSSR count). The molecule has 1 aliphatic heterocycles. The number of rotatable bonds is 6. The Labute approximate surface area is 196 Å². The smallest absolute Gasteiger partial charge is 0.257 e. The molecule has 8 heteroatoms. The van der Waals surface area contributed by atoms with Gasteiger partial charge in [0.25, 0.3) is 5.91 Å². The molecule has 0 aromatic heterocycles. The number of likely N-dealkylation sites (tertiary alicyclic amines) is 1. The van der Waals surface area contributed by atoms with Gasteiger partial charge >= 0.3 is 0 Å². The Bertz CT molecular complexity index is 834. The summed E-state index contributed by atoms with van der Waals surface area (Å²) in [6, 6.07) is 12.3. The second kappa shape index (κ2) is 12.9. The summed E-state index contributed by atoms with van der Waals surface area (Å²) in [6.07, 6.45) is 3.85. The molecule has 0 aliphatic carbocycles. The minimum absolute atomic E-state index is 0. The lowest BCUT2D eigenvalue weighted by molar-refractivity contribution is 0.0720. The van der Waals surface area contributed by atoms with Crippen molar-refractivity contribution in [1.82, 2.24) is 9.80 Å². The van der Waals surface area contributed by atoms with E-state index in [1.165, 1.54) is 12.1 Å². The van der Waals surface area contributed by atoms with Crippen molar-refractivity contribution in [3.8, 4) is 11.5 Å². The van der Waals surface area contributed by atoms with Gasteiger partial charge in [-0.1, -0.05) is 18.6 Å². The molecule has 1 aliphatic rings. The number of nitrogens with zero attached hydrogens (tertiary/aromatic N) is 2. The second-order valence-electron chi connectivity index (χ2n) is 7.79. The summed E-state index contributed by atoms with van der Waals surface area (Å²) in [7, 11) is 4.04. The Morgan fingerprint density at radius 3 is 2.45 bits per heavy atom. The Morgan fingerprint density at radius 1 is 1.13 bits per heavy atom. The van der Waals surface area contributed by atoms with Gasteiger partial charge in [0.2, 0.25) is 0 Å². The standard InChI is InChI=1S/C23H30FN3O2.2ClH/c1-26(2)18-5-3-4-14-27(16-18)23(28)21-15-20(10-11-22(21)24)29-19-8-6-17(7-9-19)12-13-25;;/h6-11,15,18H,3-5,12-14,16,25H2,1-2H3;2*1H/t18-;;/m0../s1. The highest BCUT2D eigenvalue weighted by molar-refractivity contribution is 5.95. The highest BCUT2D eigenvalue weighted by atomic mass is 35.5. The van der Waals surface area contributed by atoms with Crippen LogP contribution in [0.15, 0.2) is 42.5 Å². The van der Waals surface area contributed by atoms with Gasteiger partial charge in [-0.3, -0.25) is 4.79 Å². The Morgan fingerprint density at radius 2 is 1.81 bits per heavy atom. The van der Waals surface area contributed by atoms with E-state index in [0.717, 1.165) is 31.2 Å². The fraction of sp³-hybridized carbons (Fsp3) is 0.435. The van der Waals surface area contributed by atoms with Crippen molar-refractivity contribution in [2.45, 2.75) is 31.7 Å². The predicted octanol–water partition coefficient (Wildman–Crippen LogP) is 4.52. The van der Waals surface area contributed by atoms with E-state index in [0.29, 0.717) is 31.1 Å². The number of hydrogen-bond acceptors (Lipinski definition) is 4. The average molecular weight is 472 g/mol. The summed E-state index contributed by atoms with van der Waals surface area (Å²) >= 11 is 0. The molecule has 1 atom stereocenters. The number of halogens is 3. The van der Waals surface area contributed by atoms with Gasteiger partial charge in [-0.15, -0.1) is 24.8 Å². The molecular formula is C23H32Cl2FN3O2. The summed E-state index contributed by atoms with van der Waals surface area (Å²) < 4.78 is 20.3. The molecule has 0 bridgehead atoms. The van der Waals surface area contributed by atoms with Crippen LogP contribution < -0.4 is 10.5 Å². The van der Waals surface area contributed by atoms with Crippen molar-refractivity contribution in [1.29, 1.82) is 0 Å². The fourth-order valence-electron chi connectivity index (χ4n) is 3.65. The highest BCUT2D eigenvalue weighted by Crippen LogP contribution is 2.26. The lowest BCUT2D eigenvalue weighted by atomic mass is 10.1. The van der Waals surface area contributed by atoms with E-state index in [4.69, 9.17) is 10.5 Å². The van der Waals surface area contributed by atoms with Crippen molar-refractivity contribution < 1.29 is 13.9 Å². The van der Waals surface area contributed by atoms with Crippen LogP contribution in [0.25, 0.3) is 0 Å². The van der Waals surface area contributed by atoms with Crippen molar-refractivity contribution in [3.63, 3.8) is 0 Å². The summed E-state index contributed by atoms with van der Waals surface area (Å²) in [5.74, 6) is 0.282. The van der Waals surface area contributed by atoms with Gasteiger partial charge in [0.15, 0.2) is 0 Å². The average Bonchev–Trinajstić information content (AvgIpc) is 2.97. The van der Waals surface area contributed by atoms with E-state index in [-0.39, 0.29) is 42.3 Å². The van der Waals surface area contributed by atoms with E-state index in [1.807, 2.05) is 38.4 Å². The zero-order chi connectivity index (χ0) is 20.8. The largest absolute Gasteiger partial charge is 0.457 e. The minimum Gasteiger partial charge on any atom is -0.457 e. The van der Waals surface area contributed by atoms with Crippen LogP contribution in [0, 0.1) is 5.82 Å². The lowest BCUT2D eigenvalue weighted by Crippen LogP contribution is -2.42. The SMILES string of the molecule is CN(C)[C@H]1CCCCN(C(=O)c2cc(Oc3ccc(CCN)cc3)ccc2F)C1.Cl.Cl. The van der Waals surface area contributed by atoms with Gasteiger partial charge in [0.1, 0.15) is 17.3 Å². The third-order valence-electron chi connectivity index (χ3n) is 5.42. The van der Waals surface area contributed by atoms with E-state index in [9.17, 15) is 9.18 Å². The first-order valence-corrected chi connectivity index (χ1v) is 10.2. The number of ether oxygens (including phenoxy) is 1. The molecule has 31 heavy (non-hydrogen) atoms. The molecular weight excluding hydrogens is 440 g/mol. The summed E-state index contributed by atoms with van der Waals surface area (Å²) in [4.78, 5) is 17.0. The summed E-state index contributed by atoms with van der Waals surface area (Å²) in [6.45, 7) is 1.85. The zero-order valence-electron chi connectivity index (χ0n) is 18.1. The van der Waals surface area contributed by atoms with Crippen LogP contribution in [0.3, 0.4) is 0 Å². The van der Waals surface area contributed by atoms with Crippen LogP contribution in [0.2, 0.25) is 0 Å². The lowest BCUT2D eigenvalue weighted by Gasteiger charge is -2.28. The number of nitrogens with two attached hydrogens (primary N) is 1. The van der Waals surface area contributed by atoms with Crippen LogP contribution in [-0.2, 0) is 6.42 Å². The van der Waals surface area contributed by atoms with Crippen molar-refractivity contribution in [2.75, 3.05) is 33.7 Å². The Kier molecular flexibility index (Phi) is 11.3. The van der Waals surface area contributed by atoms with Crippen LogP contribution in [0.4, 0.5) is 4.39 Å². The zero-order valence-corrected chi connectivity index (χ0v) is 19.7. The van der Waals surface area contributed by atoms with E-state index >= 15 is 0 Å². The first kappa shape index (κ1) is 27.2. The number of carbonyl (C=O) groups excluding carboxylic acids is 1. The van der Waals surface area contributed by atoms with Crippen molar-refractivity contribution >= 4 is 30.7 Å². The third-order valence-corrected chi connectivity index (χ3v) is 5.42. The van der Waals surface area contributed by atoms with E-state index < -0.39 is 5.82 Å². The van der Waals surface area contributed by atoms with Gasteiger partial charge in [-0.05, 0) is 75.8 Å². The first-order chi connectivity index (χ1) is 14.0. The van der Waals surface area contributed by atoms with Crippen molar-refractivity contribution in [3.05, 3.63) is 59.4 Å². The number of likely N-dealkylation sites (N-methyl/N-ethyl adjacent to an activating group) is 1. The molecule has 2 aromatic rings. The number of carbonyl (C=O) groups is 1. The van der Waals surface area contributed by atoms with Gasteiger partial charge in [-0.25, -0.2) is 4.39 Å². The highest BCUT2D eigenvalue weighted by Gasteiger charge is 2.26. The molecule has 1 fully saturated rings. The Hall–Kier alpha value is -1.86. The normalized spacial score (nSPS) is 16.2. The maximum atomic E-state index is 14.5. The second-order valence-corrected chi connectivity index (χ2v) is 7.79. The molecule has 1 amide bonds. The number of amides is 1. The molecule has 1 saturated heterocycles. The molecule has 0 saturated carbocycles. The third kappa shape index (κ3) is 7.35. The maximum Gasteiger partial charge on any atom is 0.257 e. The summed E-state index contributed by atoms with van der Waals surface area (Å²) in [5, 5.41) is 0. The van der Waals surface area contributed by atoms with Gasteiger partial charge in [-0.2, -0.15) is 0 Å². The van der Waals surface area contributed by atoms with Crippen molar-refractivity contribution in [2.24, 2.45) is 5.73 Å². The first-order valence-electron chi connectivity index (χ1n) is 10.2. The molecule has 172 valence electrons. The van der Waals surface area contributed by atoms with E-state index in [2.05, 4.69) is 4.90 Å². The number of benzene rings is 2. The van der Waals surface area contributed by atoms with Crippen LogP contribution in [0.5, 0.6) is 11.5 Å². The molecule has 1 heterocycles. The molecule has 5 nitrogen and oxygen atoms in total. The monoisotopic (exact) mass is 471 g/mol. The molecule has 2 aromatic carbocycles. The molecule has 0 unspecified atom stereocenters. The van der Waals surface area contributed by atoms with Crippen LogP contribution in [0.1, 0.15) is 35.2 Å². The van der Waals surface area contributed by atoms with Gasteiger partial charge in [0.05, 0.1) is 5.56 Å². The topological polar surface area (TPSA) is 58.8 Å². The quantitative estimate of drug-likeness (QED) is 0.672. The Balaban J connectivity index is 0.00000240. The van der Waals surface area contributed by atoms with Gasteiger partial charge < -0.3 is 20.3 Å². The molecule has 2 N–H and O–H groups in total. The molecule has 0 radical (unpaired) electrons.